The Labute approximate surface area is 248 Å². The standard InChI is InChI=1S/C30H36FN5O4.CO2/c1-2-3-4-15-38-26-8-6-23-27(36-26)21(22(31)17-32-23)9-10-30-13-11-29(12-14-30,19-40-30)33-16-20-5-7-24-28(34-20)35-25(37)18-39-24;2-1-3/h5-8,17,33H,2-4,9-16,18-19H2,1H3,(H,34,35,37);. The summed E-state index contributed by atoms with van der Waals surface area (Å²) in [5.74, 6) is 1.05. The van der Waals surface area contributed by atoms with Crippen LogP contribution in [0.3, 0.4) is 0 Å². The number of hydrogen-bond acceptors (Lipinski definition) is 10. The van der Waals surface area contributed by atoms with Crippen LogP contribution in [0.4, 0.5) is 10.2 Å². The normalized spacial score (nSPS) is 22.0. The Kier molecular flexibility index (Phi) is 9.59. The number of carbonyl (C=O) groups is 1. The van der Waals surface area contributed by atoms with Gasteiger partial charge in [-0.3, -0.25) is 9.78 Å². The van der Waals surface area contributed by atoms with Crippen LogP contribution in [0.25, 0.3) is 11.0 Å². The third-order valence-corrected chi connectivity index (χ3v) is 8.52. The van der Waals surface area contributed by atoms with E-state index >= 15 is 4.39 Å². The summed E-state index contributed by atoms with van der Waals surface area (Å²) in [4.78, 5) is 41.3. The number of ether oxygens (including phenoxy) is 3. The molecule has 0 aromatic carbocycles. The number of halogens is 1. The number of amides is 1. The molecule has 7 rings (SSSR count). The van der Waals surface area contributed by atoms with Crippen molar-refractivity contribution in [3.8, 4) is 11.6 Å². The summed E-state index contributed by atoms with van der Waals surface area (Å²) in [6.07, 6.45) is 9.78. The Bertz CT molecular complexity index is 1470. The van der Waals surface area contributed by atoms with Crippen molar-refractivity contribution in [2.75, 3.05) is 25.1 Å². The highest BCUT2D eigenvalue weighted by Gasteiger charge is 2.49. The SMILES string of the molecule is CCCCCOc1ccc2ncc(F)c(CCC34CCC(NCc5ccc6c(n5)NC(=O)CO6)(CC3)CO4)c2n1.O=C=O. The topological polar surface area (TPSA) is 142 Å². The van der Waals surface area contributed by atoms with Crippen molar-refractivity contribution < 1.29 is 33.0 Å². The lowest BCUT2D eigenvalue weighted by atomic mass is 9.69. The maximum atomic E-state index is 15.0. The first kappa shape index (κ1) is 30.5. The first-order chi connectivity index (χ1) is 20.9. The van der Waals surface area contributed by atoms with E-state index in [0.29, 0.717) is 60.2 Å². The van der Waals surface area contributed by atoms with Crippen LogP contribution in [-0.4, -0.2) is 58.0 Å². The Morgan fingerprint density at radius 1 is 1.12 bits per heavy atom. The molecule has 43 heavy (non-hydrogen) atoms. The molecule has 11 nitrogen and oxygen atoms in total. The Morgan fingerprint density at radius 3 is 2.67 bits per heavy atom. The molecule has 1 amide bonds. The molecule has 0 radical (unpaired) electrons. The second-order valence-corrected chi connectivity index (χ2v) is 11.3. The second-order valence-electron chi connectivity index (χ2n) is 11.3. The number of aromatic nitrogens is 3. The van der Waals surface area contributed by atoms with E-state index in [0.717, 1.165) is 57.1 Å². The number of rotatable bonds is 11. The number of carbonyl (C=O) groups excluding carboxylic acids is 3. The molecule has 0 spiro atoms. The third-order valence-electron chi connectivity index (χ3n) is 8.52. The molecular formula is C31H36FN5O6. The van der Waals surface area contributed by atoms with E-state index in [4.69, 9.17) is 23.8 Å². The number of pyridine rings is 3. The molecule has 3 fully saturated rings. The lowest BCUT2D eigenvalue weighted by Gasteiger charge is -2.53. The van der Waals surface area contributed by atoms with Gasteiger partial charge in [-0.2, -0.15) is 9.59 Å². The van der Waals surface area contributed by atoms with Crippen LogP contribution in [0.15, 0.2) is 30.5 Å². The van der Waals surface area contributed by atoms with Crippen molar-refractivity contribution in [3.63, 3.8) is 0 Å². The van der Waals surface area contributed by atoms with E-state index in [1.54, 1.807) is 0 Å². The fraction of sp³-hybridized carbons (Fsp3) is 0.516. The zero-order chi connectivity index (χ0) is 30.3. The van der Waals surface area contributed by atoms with Gasteiger partial charge in [0.1, 0.15) is 5.82 Å². The van der Waals surface area contributed by atoms with Gasteiger partial charge in [-0.05, 0) is 63.1 Å². The summed E-state index contributed by atoms with van der Waals surface area (Å²) in [5.41, 5.74) is 2.30. The summed E-state index contributed by atoms with van der Waals surface area (Å²) < 4.78 is 32.7. The summed E-state index contributed by atoms with van der Waals surface area (Å²) in [6, 6.07) is 7.43. The zero-order valence-electron chi connectivity index (χ0n) is 24.2. The van der Waals surface area contributed by atoms with Gasteiger partial charge in [0.25, 0.3) is 5.91 Å². The van der Waals surface area contributed by atoms with Gasteiger partial charge in [0.2, 0.25) is 5.88 Å². The molecule has 3 aromatic rings. The van der Waals surface area contributed by atoms with Gasteiger partial charge in [-0.15, -0.1) is 0 Å². The smallest absolute Gasteiger partial charge is 0.373 e. The van der Waals surface area contributed by atoms with E-state index < -0.39 is 0 Å². The number of nitrogens with one attached hydrogen (secondary N) is 2. The number of unbranched alkanes of at least 4 members (excludes halogenated alkanes) is 2. The van der Waals surface area contributed by atoms with Crippen molar-refractivity contribution in [2.45, 2.75) is 82.4 Å². The van der Waals surface area contributed by atoms with Crippen LogP contribution in [0.1, 0.15) is 69.5 Å². The predicted octanol–water partition coefficient (Wildman–Crippen LogP) is 4.28. The zero-order valence-corrected chi connectivity index (χ0v) is 24.2. The molecule has 1 aliphatic carbocycles. The van der Waals surface area contributed by atoms with Gasteiger partial charge < -0.3 is 24.8 Å². The highest BCUT2D eigenvalue weighted by molar-refractivity contribution is 5.94. The minimum absolute atomic E-state index is 0.0175. The number of anilines is 1. The van der Waals surface area contributed by atoms with E-state index in [1.807, 2.05) is 24.3 Å². The molecule has 3 aromatic heterocycles. The summed E-state index contributed by atoms with van der Waals surface area (Å²) in [7, 11) is 0. The summed E-state index contributed by atoms with van der Waals surface area (Å²) in [6.45, 7) is 3.95. The predicted molar refractivity (Wildman–Crippen MR) is 153 cm³/mol. The van der Waals surface area contributed by atoms with Crippen molar-refractivity contribution >= 4 is 28.9 Å². The molecule has 0 unspecified atom stereocenters. The van der Waals surface area contributed by atoms with Crippen LogP contribution in [0.5, 0.6) is 11.6 Å². The summed E-state index contributed by atoms with van der Waals surface area (Å²) >= 11 is 0. The fourth-order valence-electron chi connectivity index (χ4n) is 5.97. The Morgan fingerprint density at radius 2 is 1.93 bits per heavy atom. The van der Waals surface area contributed by atoms with Crippen LogP contribution >= 0.6 is 0 Å². The highest BCUT2D eigenvalue weighted by Crippen LogP contribution is 2.46. The molecule has 2 N–H and O–H groups in total. The molecule has 0 atom stereocenters. The number of fused-ring (bicyclic) bond motifs is 5. The monoisotopic (exact) mass is 593 g/mol. The number of nitrogens with zero attached hydrogens (tertiary/aromatic N) is 3. The number of aryl methyl sites for hydroxylation is 1. The molecular weight excluding hydrogens is 557 g/mol. The van der Waals surface area contributed by atoms with Gasteiger partial charge in [0, 0.05) is 23.7 Å². The molecule has 12 heteroatoms. The quantitative estimate of drug-likeness (QED) is 0.309. The molecule has 2 bridgehead atoms. The van der Waals surface area contributed by atoms with Gasteiger partial charge >= 0.3 is 6.15 Å². The van der Waals surface area contributed by atoms with E-state index in [9.17, 15) is 4.79 Å². The van der Waals surface area contributed by atoms with Crippen LogP contribution in [0.2, 0.25) is 0 Å². The highest BCUT2D eigenvalue weighted by atomic mass is 19.1. The molecule has 1 saturated carbocycles. The maximum absolute atomic E-state index is 15.0. The first-order valence-electron chi connectivity index (χ1n) is 14.8. The van der Waals surface area contributed by atoms with E-state index in [2.05, 4.69) is 32.5 Å². The first-order valence-corrected chi connectivity index (χ1v) is 14.8. The van der Waals surface area contributed by atoms with Gasteiger partial charge in [0.15, 0.2) is 18.2 Å². The molecule has 228 valence electrons. The largest absolute Gasteiger partial charge is 0.480 e. The van der Waals surface area contributed by atoms with Gasteiger partial charge in [-0.1, -0.05) is 19.8 Å². The Balaban J connectivity index is 0.00000118. The second kappa shape index (κ2) is 13.5. The average molecular weight is 594 g/mol. The van der Waals surface area contributed by atoms with Crippen molar-refractivity contribution in [2.24, 2.45) is 0 Å². The van der Waals surface area contributed by atoms with E-state index in [-0.39, 0.29) is 35.6 Å². The van der Waals surface area contributed by atoms with Crippen LogP contribution in [0, 0.1) is 5.82 Å². The minimum atomic E-state index is -0.332. The van der Waals surface area contributed by atoms with Crippen molar-refractivity contribution in [1.29, 1.82) is 0 Å². The van der Waals surface area contributed by atoms with Crippen molar-refractivity contribution in [3.05, 3.63) is 47.5 Å². The molecule has 3 aliphatic heterocycles. The molecule has 6 heterocycles. The third kappa shape index (κ3) is 7.15. The van der Waals surface area contributed by atoms with Gasteiger partial charge in [0.05, 0.1) is 41.7 Å². The lowest BCUT2D eigenvalue weighted by molar-refractivity contribution is -0.191. The maximum Gasteiger partial charge on any atom is 0.373 e. The molecule has 4 aliphatic rings. The van der Waals surface area contributed by atoms with Crippen LogP contribution in [-0.2, 0) is 32.1 Å². The Hall–Kier alpha value is -3.99. The average Bonchev–Trinajstić information content (AvgIpc) is 3.03. The van der Waals surface area contributed by atoms with Gasteiger partial charge in [-0.25, -0.2) is 14.4 Å². The van der Waals surface area contributed by atoms with E-state index in [1.165, 1.54) is 6.20 Å². The molecule has 2 saturated heterocycles. The van der Waals surface area contributed by atoms with Crippen LogP contribution < -0.4 is 20.1 Å². The lowest BCUT2D eigenvalue weighted by Crippen LogP contribution is -2.61. The van der Waals surface area contributed by atoms with Crippen molar-refractivity contribution in [1.82, 2.24) is 20.3 Å². The minimum Gasteiger partial charge on any atom is -0.480 e. The number of hydrogen-bond donors (Lipinski definition) is 2. The fourth-order valence-corrected chi connectivity index (χ4v) is 5.97. The summed E-state index contributed by atoms with van der Waals surface area (Å²) in [5, 5.41) is 6.44.